The summed E-state index contributed by atoms with van der Waals surface area (Å²) in [6.07, 6.45) is 4.45. The van der Waals surface area contributed by atoms with Gasteiger partial charge in [-0.1, -0.05) is 48.5 Å². The summed E-state index contributed by atoms with van der Waals surface area (Å²) in [5, 5.41) is 10.9. The third-order valence-electron chi connectivity index (χ3n) is 4.76. The smallest absolute Gasteiger partial charge is 0.269 e. The van der Waals surface area contributed by atoms with Crippen LogP contribution in [0.4, 0.5) is 5.69 Å². The first-order valence-electron chi connectivity index (χ1n) is 8.83. The van der Waals surface area contributed by atoms with E-state index in [-0.39, 0.29) is 10.6 Å². The first-order chi connectivity index (χ1) is 12.2. The van der Waals surface area contributed by atoms with Gasteiger partial charge in [-0.25, -0.2) is 0 Å². The van der Waals surface area contributed by atoms with Gasteiger partial charge in [-0.3, -0.25) is 10.1 Å². The van der Waals surface area contributed by atoms with E-state index in [0.29, 0.717) is 0 Å². The summed E-state index contributed by atoms with van der Waals surface area (Å²) in [7, 11) is 0. The van der Waals surface area contributed by atoms with Gasteiger partial charge in [0.25, 0.3) is 5.69 Å². The maximum absolute atomic E-state index is 10.9. The molecule has 2 aromatic rings. The number of piperazine rings is 1. The highest BCUT2D eigenvalue weighted by atomic mass is 16.6. The van der Waals surface area contributed by atoms with Crippen molar-refractivity contribution in [1.29, 1.82) is 0 Å². The molecule has 2 N–H and O–H groups in total. The standard InChI is InChI=1S/C20H23N3O2/c24-23(25)20-10-4-8-19(16-20)17-22-14-12-21(13-15-22)11-5-9-18-6-2-1-3-7-18/h1-10,16H,11-15,17H2/p+2/b9-5+. The molecule has 3 rings (SSSR count). The zero-order valence-corrected chi connectivity index (χ0v) is 14.4. The molecule has 0 spiro atoms. The number of quaternary nitrogens is 2. The van der Waals surface area contributed by atoms with E-state index < -0.39 is 0 Å². The van der Waals surface area contributed by atoms with E-state index in [9.17, 15) is 10.1 Å². The van der Waals surface area contributed by atoms with Gasteiger partial charge in [0, 0.05) is 17.7 Å². The Morgan fingerprint density at radius 3 is 2.40 bits per heavy atom. The van der Waals surface area contributed by atoms with E-state index in [4.69, 9.17) is 0 Å². The van der Waals surface area contributed by atoms with Crippen LogP contribution in [0.1, 0.15) is 11.1 Å². The van der Waals surface area contributed by atoms with Crippen LogP contribution in [0.2, 0.25) is 0 Å². The molecule has 1 heterocycles. The van der Waals surface area contributed by atoms with E-state index in [0.717, 1.165) is 44.8 Å². The van der Waals surface area contributed by atoms with Crippen molar-refractivity contribution in [3.05, 3.63) is 81.9 Å². The Kier molecular flexibility index (Phi) is 5.93. The molecule has 0 amide bonds. The summed E-state index contributed by atoms with van der Waals surface area (Å²) in [6, 6.07) is 17.4. The van der Waals surface area contributed by atoms with Crippen LogP contribution in [-0.4, -0.2) is 37.6 Å². The van der Waals surface area contributed by atoms with E-state index in [1.807, 2.05) is 12.1 Å². The van der Waals surface area contributed by atoms with Gasteiger partial charge in [0.15, 0.2) is 0 Å². The Morgan fingerprint density at radius 1 is 0.960 bits per heavy atom. The fraction of sp³-hybridized carbons (Fsp3) is 0.300. The van der Waals surface area contributed by atoms with Crippen LogP contribution < -0.4 is 9.80 Å². The molecule has 0 atom stereocenters. The molecular formula is C20H25N3O2+2. The number of nitrogens with one attached hydrogen (secondary N) is 2. The van der Waals surface area contributed by atoms with Crippen LogP contribution >= 0.6 is 0 Å². The van der Waals surface area contributed by atoms with Crippen molar-refractivity contribution in [1.82, 2.24) is 0 Å². The average Bonchev–Trinajstić information content (AvgIpc) is 2.64. The summed E-state index contributed by atoms with van der Waals surface area (Å²) in [5.41, 5.74) is 2.49. The van der Waals surface area contributed by atoms with Gasteiger partial charge in [0.2, 0.25) is 0 Å². The lowest BCUT2D eigenvalue weighted by atomic mass is 10.1. The highest BCUT2D eigenvalue weighted by molar-refractivity contribution is 5.48. The van der Waals surface area contributed by atoms with Gasteiger partial charge in [-0.05, 0) is 11.6 Å². The van der Waals surface area contributed by atoms with Gasteiger partial charge >= 0.3 is 0 Å². The summed E-state index contributed by atoms with van der Waals surface area (Å²) in [5.74, 6) is 0. The third kappa shape index (κ3) is 5.24. The molecule has 130 valence electrons. The minimum Gasteiger partial charge on any atom is -0.322 e. The Balaban J connectivity index is 1.45. The van der Waals surface area contributed by atoms with Crippen LogP contribution in [0, 0.1) is 10.1 Å². The lowest BCUT2D eigenvalue weighted by molar-refractivity contribution is -1.02. The Labute approximate surface area is 148 Å². The molecule has 0 bridgehead atoms. The molecule has 25 heavy (non-hydrogen) atoms. The molecule has 5 heteroatoms. The zero-order chi connectivity index (χ0) is 17.5. The highest BCUT2D eigenvalue weighted by Crippen LogP contribution is 2.12. The quantitative estimate of drug-likeness (QED) is 0.598. The highest BCUT2D eigenvalue weighted by Gasteiger charge is 2.22. The number of nitro groups is 1. The number of nitro benzene ring substituents is 1. The van der Waals surface area contributed by atoms with Gasteiger partial charge in [-0.15, -0.1) is 0 Å². The van der Waals surface area contributed by atoms with Crippen molar-refractivity contribution in [2.45, 2.75) is 6.54 Å². The van der Waals surface area contributed by atoms with E-state index in [1.165, 1.54) is 10.5 Å². The molecule has 1 aliphatic rings. The zero-order valence-electron chi connectivity index (χ0n) is 14.4. The fourth-order valence-corrected chi connectivity index (χ4v) is 3.33. The largest absolute Gasteiger partial charge is 0.322 e. The maximum atomic E-state index is 10.9. The Morgan fingerprint density at radius 2 is 1.68 bits per heavy atom. The van der Waals surface area contributed by atoms with Crippen LogP contribution in [-0.2, 0) is 6.54 Å². The lowest BCUT2D eigenvalue weighted by Gasteiger charge is -2.29. The molecule has 0 saturated carbocycles. The van der Waals surface area contributed by atoms with E-state index in [2.05, 4.69) is 36.4 Å². The normalized spacial score (nSPS) is 20.6. The molecule has 0 aromatic heterocycles. The predicted octanol–water partition coefficient (Wildman–Crippen LogP) is 0.592. The molecule has 2 aromatic carbocycles. The topological polar surface area (TPSA) is 52.0 Å². The molecule has 0 aliphatic carbocycles. The number of hydrogen-bond donors (Lipinski definition) is 2. The SMILES string of the molecule is O=[N+]([O-])c1cccc(C[NH+]2CC[NH+](C/C=C/c3ccccc3)CC2)c1. The van der Waals surface area contributed by atoms with Crippen LogP contribution in [0.15, 0.2) is 60.7 Å². The molecule has 1 saturated heterocycles. The van der Waals surface area contributed by atoms with Crippen molar-refractivity contribution >= 4 is 11.8 Å². The van der Waals surface area contributed by atoms with Crippen molar-refractivity contribution in [3.8, 4) is 0 Å². The minimum atomic E-state index is -0.319. The predicted molar refractivity (Wildman–Crippen MR) is 98.5 cm³/mol. The average molecular weight is 339 g/mol. The molecule has 5 nitrogen and oxygen atoms in total. The first-order valence-corrected chi connectivity index (χ1v) is 8.83. The summed E-state index contributed by atoms with van der Waals surface area (Å²) in [6.45, 7) is 6.43. The molecule has 0 radical (unpaired) electrons. The van der Waals surface area contributed by atoms with Crippen molar-refractivity contribution in [2.75, 3.05) is 32.7 Å². The van der Waals surface area contributed by atoms with Gasteiger partial charge in [-0.2, -0.15) is 0 Å². The summed E-state index contributed by atoms with van der Waals surface area (Å²) < 4.78 is 0. The first kappa shape index (κ1) is 17.3. The minimum absolute atomic E-state index is 0.187. The summed E-state index contributed by atoms with van der Waals surface area (Å²) in [4.78, 5) is 13.7. The maximum Gasteiger partial charge on any atom is 0.269 e. The lowest BCUT2D eigenvalue weighted by Crippen LogP contribution is -3.27. The molecule has 1 fully saturated rings. The number of hydrogen-bond acceptors (Lipinski definition) is 2. The van der Waals surface area contributed by atoms with Crippen molar-refractivity contribution < 1.29 is 14.7 Å². The number of benzene rings is 2. The summed E-state index contributed by atoms with van der Waals surface area (Å²) >= 11 is 0. The number of nitrogens with zero attached hydrogens (tertiary/aromatic N) is 1. The second kappa shape index (κ2) is 8.55. The van der Waals surface area contributed by atoms with Crippen LogP contribution in [0.25, 0.3) is 6.08 Å². The third-order valence-corrected chi connectivity index (χ3v) is 4.76. The Bertz CT molecular complexity index is 723. The monoisotopic (exact) mass is 339 g/mol. The van der Waals surface area contributed by atoms with Gasteiger partial charge in [0.1, 0.15) is 32.7 Å². The number of non-ortho nitro benzene ring substituents is 1. The van der Waals surface area contributed by atoms with Gasteiger partial charge < -0.3 is 9.80 Å². The molecule has 0 unspecified atom stereocenters. The van der Waals surface area contributed by atoms with Crippen LogP contribution in [0.3, 0.4) is 0 Å². The van der Waals surface area contributed by atoms with E-state index >= 15 is 0 Å². The number of rotatable bonds is 6. The fourth-order valence-electron chi connectivity index (χ4n) is 3.33. The Hall–Kier alpha value is -2.50. The van der Waals surface area contributed by atoms with Crippen LogP contribution in [0.5, 0.6) is 0 Å². The molecular weight excluding hydrogens is 314 g/mol. The molecule has 1 aliphatic heterocycles. The van der Waals surface area contributed by atoms with Gasteiger partial charge in [0.05, 0.1) is 11.5 Å². The second-order valence-corrected chi connectivity index (χ2v) is 6.62. The van der Waals surface area contributed by atoms with Crippen molar-refractivity contribution in [2.24, 2.45) is 0 Å². The second-order valence-electron chi connectivity index (χ2n) is 6.62. The van der Waals surface area contributed by atoms with Crippen molar-refractivity contribution in [3.63, 3.8) is 0 Å². The van der Waals surface area contributed by atoms with E-state index in [1.54, 1.807) is 23.1 Å².